The molecule has 0 aliphatic rings. The lowest BCUT2D eigenvalue weighted by molar-refractivity contribution is -0.0493. The largest absolute Gasteiger partial charge is 0.433 e. The standard InChI is InChI=1S/C12H13F2N3O3S/c1-2-17-8-9(7-15-17)21(18,19)16-10-5-3-4-6-11(10)20-12(13)14/h3-8,12,16H,2H2,1H3. The van der Waals surface area contributed by atoms with Crippen molar-refractivity contribution in [3.05, 3.63) is 36.7 Å². The SMILES string of the molecule is CCn1cc(S(=O)(=O)Nc2ccccc2OC(F)F)cn1. The molecule has 1 aromatic carbocycles. The van der Waals surface area contributed by atoms with E-state index in [0.717, 1.165) is 0 Å². The van der Waals surface area contributed by atoms with Crippen molar-refractivity contribution in [3.8, 4) is 5.75 Å². The van der Waals surface area contributed by atoms with Gasteiger partial charge in [0.25, 0.3) is 10.0 Å². The molecule has 9 heteroatoms. The van der Waals surface area contributed by atoms with Crippen molar-refractivity contribution in [3.63, 3.8) is 0 Å². The summed E-state index contributed by atoms with van der Waals surface area (Å²) in [6.45, 7) is -0.720. The highest BCUT2D eigenvalue weighted by Crippen LogP contribution is 2.27. The zero-order valence-electron chi connectivity index (χ0n) is 11.0. The Morgan fingerprint density at radius 2 is 2.10 bits per heavy atom. The molecule has 1 N–H and O–H groups in total. The van der Waals surface area contributed by atoms with E-state index in [1.807, 2.05) is 6.92 Å². The minimum absolute atomic E-state index is 0.0591. The molecule has 0 aliphatic carbocycles. The maximum atomic E-state index is 12.3. The highest BCUT2D eigenvalue weighted by Gasteiger charge is 2.19. The van der Waals surface area contributed by atoms with Crippen molar-refractivity contribution in [1.82, 2.24) is 9.78 Å². The molecule has 0 atom stereocenters. The Morgan fingerprint density at radius 1 is 1.38 bits per heavy atom. The first kappa shape index (κ1) is 15.2. The zero-order chi connectivity index (χ0) is 15.5. The fourth-order valence-corrected chi connectivity index (χ4v) is 2.63. The minimum atomic E-state index is -3.92. The van der Waals surface area contributed by atoms with Gasteiger partial charge in [0.15, 0.2) is 0 Å². The fraction of sp³-hybridized carbons (Fsp3) is 0.250. The lowest BCUT2D eigenvalue weighted by Gasteiger charge is -2.12. The number of benzene rings is 1. The van der Waals surface area contributed by atoms with E-state index in [-0.39, 0.29) is 16.3 Å². The van der Waals surface area contributed by atoms with Crippen LogP contribution in [0.5, 0.6) is 5.75 Å². The monoisotopic (exact) mass is 317 g/mol. The van der Waals surface area contributed by atoms with E-state index < -0.39 is 16.6 Å². The highest BCUT2D eigenvalue weighted by molar-refractivity contribution is 7.92. The van der Waals surface area contributed by atoms with Gasteiger partial charge in [0.1, 0.15) is 10.6 Å². The number of para-hydroxylation sites is 2. The number of hydrogen-bond donors (Lipinski definition) is 1. The van der Waals surface area contributed by atoms with Gasteiger partial charge < -0.3 is 4.74 Å². The van der Waals surface area contributed by atoms with Crippen LogP contribution in [0, 0.1) is 0 Å². The summed E-state index contributed by atoms with van der Waals surface area (Å²) in [5.74, 6) is -0.251. The molecular formula is C12H13F2N3O3S. The summed E-state index contributed by atoms with van der Waals surface area (Å²) >= 11 is 0. The van der Waals surface area contributed by atoms with Crippen molar-refractivity contribution in [2.45, 2.75) is 25.0 Å². The van der Waals surface area contributed by atoms with Crippen LogP contribution in [0.4, 0.5) is 14.5 Å². The van der Waals surface area contributed by atoms with E-state index in [1.165, 1.54) is 41.3 Å². The Hall–Kier alpha value is -2.16. The molecule has 0 aliphatic heterocycles. The molecule has 2 rings (SSSR count). The molecule has 0 unspecified atom stereocenters. The van der Waals surface area contributed by atoms with Crippen LogP contribution in [0.1, 0.15) is 6.92 Å². The van der Waals surface area contributed by atoms with Gasteiger partial charge in [0, 0.05) is 12.7 Å². The average molecular weight is 317 g/mol. The second-order valence-corrected chi connectivity index (χ2v) is 5.69. The van der Waals surface area contributed by atoms with Crippen LogP contribution in [-0.2, 0) is 16.6 Å². The summed E-state index contributed by atoms with van der Waals surface area (Å²) in [4.78, 5) is -0.0591. The van der Waals surface area contributed by atoms with Gasteiger partial charge in [-0.2, -0.15) is 13.9 Å². The first-order chi connectivity index (χ1) is 9.92. The van der Waals surface area contributed by atoms with Gasteiger partial charge in [-0.3, -0.25) is 9.40 Å². The third kappa shape index (κ3) is 3.69. The molecular weight excluding hydrogens is 304 g/mol. The van der Waals surface area contributed by atoms with Crippen LogP contribution in [0.15, 0.2) is 41.6 Å². The molecule has 21 heavy (non-hydrogen) atoms. The molecule has 1 aromatic heterocycles. The van der Waals surface area contributed by atoms with Crippen LogP contribution in [0.3, 0.4) is 0 Å². The molecule has 0 fully saturated rings. The normalized spacial score (nSPS) is 11.6. The Bertz CT molecular complexity index is 716. The van der Waals surface area contributed by atoms with Crippen LogP contribution >= 0.6 is 0 Å². The summed E-state index contributed by atoms with van der Waals surface area (Å²) in [7, 11) is -3.92. The third-order valence-electron chi connectivity index (χ3n) is 2.59. The lowest BCUT2D eigenvalue weighted by Crippen LogP contribution is -2.14. The molecule has 0 radical (unpaired) electrons. The zero-order valence-corrected chi connectivity index (χ0v) is 11.8. The first-order valence-corrected chi connectivity index (χ1v) is 7.50. The summed E-state index contributed by atoms with van der Waals surface area (Å²) in [5.41, 5.74) is -0.0675. The van der Waals surface area contributed by atoms with E-state index in [9.17, 15) is 17.2 Å². The van der Waals surface area contributed by atoms with Crippen molar-refractivity contribution in [1.29, 1.82) is 0 Å². The number of nitrogens with zero attached hydrogens (tertiary/aromatic N) is 2. The average Bonchev–Trinajstić information content (AvgIpc) is 2.90. The molecule has 1 heterocycles. The topological polar surface area (TPSA) is 73.2 Å². The second kappa shape index (κ2) is 6.08. The summed E-state index contributed by atoms with van der Waals surface area (Å²) in [6.07, 6.45) is 2.53. The van der Waals surface area contributed by atoms with Crippen molar-refractivity contribution in [2.75, 3.05) is 4.72 Å². The highest BCUT2D eigenvalue weighted by atomic mass is 32.2. The molecule has 0 spiro atoms. The number of hydrogen-bond acceptors (Lipinski definition) is 4. The first-order valence-electron chi connectivity index (χ1n) is 6.01. The number of aromatic nitrogens is 2. The Kier molecular flexibility index (Phi) is 4.41. The minimum Gasteiger partial charge on any atom is -0.433 e. The van der Waals surface area contributed by atoms with Crippen LogP contribution in [0.25, 0.3) is 0 Å². The predicted molar refractivity (Wildman–Crippen MR) is 71.8 cm³/mol. The van der Waals surface area contributed by atoms with Gasteiger partial charge in [-0.05, 0) is 19.1 Å². The Balaban J connectivity index is 2.28. The Labute approximate surface area is 120 Å². The Morgan fingerprint density at radius 3 is 2.71 bits per heavy atom. The van der Waals surface area contributed by atoms with E-state index in [0.29, 0.717) is 6.54 Å². The second-order valence-electron chi connectivity index (χ2n) is 4.01. The van der Waals surface area contributed by atoms with Crippen LogP contribution < -0.4 is 9.46 Å². The van der Waals surface area contributed by atoms with Gasteiger partial charge in [-0.15, -0.1) is 0 Å². The summed E-state index contributed by atoms with van der Waals surface area (Å²) in [5, 5.41) is 3.86. The van der Waals surface area contributed by atoms with E-state index in [2.05, 4.69) is 14.6 Å². The molecule has 0 saturated heterocycles. The number of rotatable bonds is 6. The molecule has 0 bridgehead atoms. The van der Waals surface area contributed by atoms with Crippen molar-refractivity contribution >= 4 is 15.7 Å². The van der Waals surface area contributed by atoms with Crippen LogP contribution in [-0.4, -0.2) is 24.8 Å². The number of nitrogens with one attached hydrogen (secondary N) is 1. The van der Waals surface area contributed by atoms with Crippen molar-refractivity contribution in [2.24, 2.45) is 0 Å². The lowest BCUT2D eigenvalue weighted by atomic mass is 10.3. The summed E-state index contributed by atoms with van der Waals surface area (Å²) < 4.78 is 56.8. The molecule has 6 nitrogen and oxygen atoms in total. The van der Waals surface area contributed by atoms with Gasteiger partial charge in [-0.1, -0.05) is 12.1 Å². The summed E-state index contributed by atoms with van der Waals surface area (Å²) in [6, 6.07) is 5.55. The molecule has 0 amide bonds. The number of halogens is 2. The van der Waals surface area contributed by atoms with Gasteiger partial charge >= 0.3 is 6.61 Å². The fourth-order valence-electron chi connectivity index (χ4n) is 1.61. The number of ether oxygens (including phenoxy) is 1. The van der Waals surface area contributed by atoms with Crippen molar-refractivity contribution < 1.29 is 21.9 Å². The maximum Gasteiger partial charge on any atom is 0.387 e. The van der Waals surface area contributed by atoms with E-state index >= 15 is 0 Å². The quantitative estimate of drug-likeness (QED) is 0.887. The smallest absolute Gasteiger partial charge is 0.387 e. The molecule has 0 saturated carbocycles. The predicted octanol–water partition coefficient (Wildman–Crippen LogP) is 2.31. The molecule has 114 valence electrons. The van der Waals surface area contributed by atoms with E-state index in [4.69, 9.17) is 0 Å². The molecule has 2 aromatic rings. The number of anilines is 1. The van der Waals surface area contributed by atoms with Gasteiger partial charge in [0.05, 0.1) is 11.9 Å². The number of sulfonamides is 1. The van der Waals surface area contributed by atoms with E-state index in [1.54, 1.807) is 0 Å². The van der Waals surface area contributed by atoms with Crippen LogP contribution in [0.2, 0.25) is 0 Å². The third-order valence-corrected chi connectivity index (χ3v) is 3.91. The van der Waals surface area contributed by atoms with Gasteiger partial charge in [0.2, 0.25) is 0 Å². The number of alkyl halides is 2. The number of aryl methyl sites for hydroxylation is 1. The maximum absolute atomic E-state index is 12.3. The van der Waals surface area contributed by atoms with Gasteiger partial charge in [-0.25, -0.2) is 8.42 Å².